The molecule has 4 rings (SSSR count). The largest absolute Gasteiger partial charge is 0.491 e. The van der Waals surface area contributed by atoms with E-state index in [1.165, 1.54) is 20.1 Å². The van der Waals surface area contributed by atoms with E-state index < -0.39 is 85.2 Å². The quantitative estimate of drug-likeness (QED) is 0.0831. The van der Waals surface area contributed by atoms with Gasteiger partial charge < -0.3 is 68.6 Å². The minimum absolute atomic E-state index is 0.0488. The van der Waals surface area contributed by atoms with Gasteiger partial charge in [0.15, 0.2) is 18.7 Å². The van der Waals surface area contributed by atoms with Crippen molar-refractivity contribution in [2.45, 2.75) is 69.1 Å². The van der Waals surface area contributed by atoms with Crippen LogP contribution in [-0.4, -0.2) is 141 Å². The predicted molar refractivity (Wildman–Crippen MR) is 164 cm³/mol. The van der Waals surface area contributed by atoms with Gasteiger partial charge in [-0.05, 0) is 18.2 Å². The Labute approximate surface area is 275 Å². The third-order valence-electron chi connectivity index (χ3n) is 7.97. The first-order valence-corrected chi connectivity index (χ1v) is 15.5. The van der Waals surface area contributed by atoms with Gasteiger partial charge >= 0.3 is 5.63 Å². The molecule has 10 atom stereocenters. The Morgan fingerprint density at radius 1 is 0.917 bits per heavy atom. The summed E-state index contributed by atoms with van der Waals surface area (Å²) in [4.78, 5) is 36.5. The van der Waals surface area contributed by atoms with E-state index in [0.29, 0.717) is 11.3 Å². The first-order chi connectivity index (χ1) is 23.0. The van der Waals surface area contributed by atoms with Crippen LogP contribution in [0.5, 0.6) is 5.75 Å². The monoisotopic (exact) mass is 684 g/mol. The van der Waals surface area contributed by atoms with E-state index in [-0.39, 0.29) is 39.6 Å². The van der Waals surface area contributed by atoms with Crippen molar-refractivity contribution in [3.8, 4) is 5.75 Å². The highest BCUT2D eigenvalue weighted by atomic mass is 16.7. The number of benzene rings is 1. The number of aliphatic hydroxyl groups excluding tert-OH is 4. The molecule has 0 radical (unpaired) electrons. The van der Waals surface area contributed by atoms with Gasteiger partial charge in [0.2, 0.25) is 5.91 Å². The summed E-state index contributed by atoms with van der Waals surface area (Å²) in [7, 11) is 1.23. The van der Waals surface area contributed by atoms with Crippen LogP contribution in [0.2, 0.25) is 0 Å². The van der Waals surface area contributed by atoms with Gasteiger partial charge in [0.25, 0.3) is 5.91 Å². The smallest absolute Gasteiger partial charge is 0.336 e. The van der Waals surface area contributed by atoms with Crippen LogP contribution >= 0.6 is 0 Å². The number of amides is 2. The van der Waals surface area contributed by atoms with Crippen LogP contribution in [0.1, 0.15) is 13.8 Å². The molecule has 0 saturated carbocycles. The lowest BCUT2D eigenvalue weighted by molar-refractivity contribution is -0.333. The molecule has 2 aliphatic heterocycles. The number of nitrogens with one attached hydrogen (secondary N) is 2. The Balaban J connectivity index is 1.22. The van der Waals surface area contributed by atoms with Crippen LogP contribution in [0.3, 0.4) is 0 Å². The molecule has 48 heavy (non-hydrogen) atoms. The standard InChI is InChI=1S/C31H44N2O15/c1-16-23(33-17(2)35)30(46-21(15-34)24(16)37)47-27-25(38)26(39)31(41-3)48-28(27)29(40)32-8-9-42-10-11-43-12-13-44-19-6-4-18-5-7-22(36)45-20(18)14-19/h4-7,14,16,21,23-28,30-31,34,37-39H,8-13,15H2,1-3H3,(H,32,40)(H,33,35)/t16-,21?,23?,24?,25?,26?,27+,28?,30+,31?/m1/s1. The molecular formula is C31H44N2O15. The van der Waals surface area contributed by atoms with E-state index in [2.05, 4.69) is 10.6 Å². The number of aliphatic hydroxyl groups is 4. The summed E-state index contributed by atoms with van der Waals surface area (Å²) in [6.07, 6.45) is -11.2. The zero-order valence-electron chi connectivity index (χ0n) is 26.9. The molecule has 2 fully saturated rings. The van der Waals surface area contributed by atoms with Gasteiger partial charge in [0.1, 0.15) is 42.4 Å². The Morgan fingerprint density at radius 3 is 2.33 bits per heavy atom. The van der Waals surface area contributed by atoms with Gasteiger partial charge in [-0.1, -0.05) is 6.92 Å². The number of rotatable bonds is 16. The minimum atomic E-state index is -1.69. The minimum Gasteiger partial charge on any atom is -0.491 e. The Morgan fingerprint density at radius 2 is 1.62 bits per heavy atom. The fourth-order valence-electron chi connectivity index (χ4n) is 5.41. The highest BCUT2D eigenvalue weighted by Crippen LogP contribution is 2.31. The summed E-state index contributed by atoms with van der Waals surface area (Å²) in [6, 6.07) is 7.25. The SMILES string of the molecule is COC1OC(C(=O)NCCOCCOCCOc2ccc3ccc(=O)oc3c2)[C@@H](O[C@@H]2OC(CO)C(O)[C@H](C)C2NC(C)=O)C(O)C1O. The van der Waals surface area contributed by atoms with Crippen LogP contribution in [0, 0.1) is 5.92 Å². The second-order valence-electron chi connectivity index (χ2n) is 11.4. The van der Waals surface area contributed by atoms with E-state index in [0.717, 1.165) is 5.39 Å². The predicted octanol–water partition coefficient (Wildman–Crippen LogP) is -1.98. The zero-order valence-corrected chi connectivity index (χ0v) is 26.9. The highest BCUT2D eigenvalue weighted by molar-refractivity contribution is 5.81. The molecule has 2 aromatic rings. The highest BCUT2D eigenvalue weighted by Gasteiger charge is 2.52. The maximum absolute atomic E-state index is 13.2. The molecular weight excluding hydrogens is 640 g/mol. The van der Waals surface area contributed by atoms with E-state index >= 15 is 0 Å². The first kappa shape index (κ1) is 37.6. The fourth-order valence-corrected chi connectivity index (χ4v) is 5.41. The second-order valence-corrected chi connectivity index (χ2v) is 11.4. The Hall–Kier alpha value is -3.23. The zero-order chi connectivity index (χ0) is 34.8. The molecule has 17 heteroatoms. The van der Waals surface area contributed by atoms with Crippen LogP contribution in [0.4, 0.5) is 0 Å². The second kappa shape index (κ2) is 18.0. The van der Waals surface area contributed by atoms with E-state index in [1.807, 2.05) is 0 Å². The van der Waals surface area contributed by atoms with Crippen LogP contribution in [0.15, 0.2) is 39.5 Å². The molecule has 0 aliphatic carbocycles. The van der Waals surface area contributed by atoms with Gasteiger partial charge in [-0.15, -0.1) is 0 Å². The van der Waals surface area contributed by atoms with Crippen molar-refractivity contribution in [2.75, 3.05) is 53.3 Å². The molecule has 1 aromatic carbocycles. The normalized spacial score (nSPS) is 30.6. The van der Waals surface area contributed by atoms with Crippen LogP contribution < -0.4 is 21.0 Å². The molecule has 7 unspecified atom stereocenters. The number of fused-ring (bicyclic) bond motifs is 1. The maximum Gasteiger partial charge on any atom is 0.336 e. The van der Waals surface area contributed by atoms with Crippen molar-refractivity contribution >= 4 is 22.8 Å². The average molecular weight is 685 g/mol. The lowest BCUT2D eigenvalue weighted by Crippen LogP contribution is -2.67. The summed E-state index contributed by atoms with van der Waals surface area (Å²) in [6.45, 7) is 3.47. The molecule has 0 bridgehead atoms. The van der Waals surface area contributed by atoms with Crippen LogP contribution in [-0.2, 0) is 38.0 Å². The lowest BCUT2D eigenvalue weighted by Gasteiger charge is -2.47. The first-order valence-electron chi connectivity index (χ1n) is 15.5. The Kier molecular flexibility index (Phi) is 14.1. The third kappa shape index (κ3) is 9.69. The number of methoxy groups -OCH3 is 1. The van der Waals surface area contributed by atoms with Crippen molar-refractivity contribution < 1.29 is 67.6 Å². The summed E-state index contributed by atoms with van der Waals surface area (Å²) in [5, 5.41) is 47.7. The van der Waals surface area contributed by atoms with E-state index in [1.54, 1.807) is 31.2 Å². The average Bonchev–Trinajstić information content (AvgIpc) is 3.06. The molecule has 6 N–H and O–H groups in total. The van der Waals surface area contributed by atoms with Gasteiger partial charge in [-0.2, -0.15) is 0 Å². The van der Waals surface area contributed by atoms with Crippen molar-refractivity contribution in [1.29, 1.82) is 0 Å². The number of carbonyl (C=O) groups is 2. The molecule has 3 heterocycles. The number of hydrogen-bond donors (Lipinski definition) is 6. The molecule has 0 spiro atoms. The van der Waals surface area contributed by atoms with Gasteiger partial charge in [0.05, 0.1) is 45.2 Å². The Bertz CT molecular complexity index is 1390. The third-order valence-corrected chi connectivity index (χ3v) is 7.97. The van der Waals surface area contributed by atoms with Crippen molar-refractivity contribution in [3.63, 3.8) is 0 Å². The van der Waals surface area contributed by atoms with Crippen molar-refractivity contribution in [3.05, 3.63) is 40.8 Å². The van der Waals surface area contributed by atoms with Crippen molar-refractivity contribution in [1.82, 2.24) is 10.6 Å². The molecule has 2 aliphatic rings. The lowest BCUT2D eigenvalue weighted by atomic mass is 9.88. The maximum atomic E-state index is 13.2. The topological polar surface area (TPSA) is 234 Å². The van der Waals surface area contributed by atoms with E-state index in [4.69, 9.17) is 37.6 Å². The fraction of sp³-hybridized carbons (Fsp3) is 0.645. The summed E-state index contributed by atoms with van der Waals surface area (Å²) in [5.41, 5.74) is -0.0224. The number of carbonyl (C=O) groups excluding carboxylic acids is 2. The number of ether oxygens (including phenoxy) is 7. The van der Waals surface area contributed by atoms with Crippen molar-refractivity contribution in [2.24, 2.45) is 5.92 Å². The molecule has 2 amide bonds. The summed E-state index contributed by atoms with van der Waals surface area (Å²) < 4.78 is 44.2. The summed E-state index contributed by atoms with van der Waals surface area (Å²) >= 11 is 0. The molecule has 1 aromatic heterocycles. The molecule has 17 nitrogen and oxygen atoms in total. The van der Waals surface area contributed by atoms with Crippen LogP contribution in [0.25, 0.3) is 11.0 Å². The van der Waals surface area contributed by atoms with Gasteiger partial charge in [0, 0.05) is 44.0 Å². The summed E-state index contributed by atoms with van der Waals surface area (Å²) in [5.74, 6) is -1.29. The van der Waals surface area contributed by atoms with Gasteiger partial charge in [-0.25, -0.2) is 4.79 Å². The molecule has 268 valence electrons. The number of hydrogen-bond acceptors (Lipinski definition) is 15. The molecule has 2 saturated heterocycles. The van der Waals surface area contributed by atoms with E-state index in [9.17, 15) is 34.8 Å². The van der Waals surface area contributed by atoms with Gasteiger partial charge in [-0.3, -0.25) is 9.59 Å².